The van der Waals surface area contributed by atoms with Gasteiger partial charge in [-0.05, 0) is 43.2 Å². The molecule has 2 aromatic rings. The molecule has 2 N–H and O–H groups in total. The Balaban J connectivity index is 2.19. The first kappa shape index (κ1) is 16.1. The fraction of sp³-hybridized carbons (Fsp3) is 0.188. The highest BCUT2D eigenvalue weighted by molar-refractivity contribution is 7.80. The van der Waals surface area contributed by atoms with Crippen molar-refractivity contribution in [1.29, 1.82) is 0 Å². The number of benzene rings is 2. The van der Waals surface area contributed by atoms with Crippen molar-refractivity contribution in [3.63, 3.8) is 0 Å². The number of halogens is 2. The normalized spacial score (nSPS) is 10.5. The third-order valence-electron chi connectivity index (χ3n) is 3.13. The lowest BCUT2D eigenvalue weighted by Crippen LogP contribution is -2.09. The summed E-state index contributed by atoms with van der Waals surface area (Å²) in [6.45, 7) is 4.30. The molecule has 110 valence electrons. The number of rotatable bonds is 4. The first-order valence-electron chi connectivity index (χ1n) is 6.36. The summed E-state index contributed by atoms with van der Waals surface area (Å²) in [7, 11) is 0. The number of hydrogen-bond donors (Lipinski definition) is 1. The molecule has 0 atom stereocenters. The first-order valence-corrected chi connectivity index (χ1v) is 7.52. The number of nitrogens with two attached hydrogens (primary N) is 1. The van der Waals surface area contributed by atoms with Gasteiger partial charge in [0, 0.05) is 21.2 Å². The Hall–Kier alpha value is -1.29. The second-order valence-electron chi connectivity index (χ2n) is 4.83. The zero-order chi connectivity index (χ0) is 15.6. The fourth-order valence-electron chi connectivity index (χ4n) is 2.09. The molecule has 0 unspecified atom stereocenters. The molecule has 0 radical (unpaired) electrons. The first-order chi connectivity index (χ1) is 9.88. The second-order valence-corrected chi connectivity index (χ2v) is 6.11. The standard InChI is InChI=1S/C16H15Cl2NOS/c1-9-5-13(17)6-10(2)15(9)20-8-12-4-3-11(16(19)21)7-14(12)18/h3-7H,8H2,1-2H3,(H2,19,21). The van der Waals surface area contributed by atoms with Gasteiger partial charge in [-0.1, -0.05) is 47.6 Å². The molecule has 0 aromatic heterocycles. The minimum Gasteiger partial charge on any atom is -0.488 e. The smallest absolute Gasteiger partial charge is 0.125 e. The van der Waals surface area contributed by atoms with Crippen molar-refractivity contribution >= 4 is 40.4 Å². The molecule has 0 bridgehead atoms. The van der Waals surface area contributed by atoms with E-state index in [-0.39, 0.29) is 0 Å². The van der Waals surface area contributed by atoms with Crippen molar-refractivity contribution in [2.24, 2.45) is 5.73 Å². The topological polar surface area (TPSA) is 35.2 Å². The maximum atomic E-state index is 6.23. The summed E-state index contributed by atoms with van der Waals surface area (Å²) >= 11 is 17.2. The van der Waals surface area contributed by atoms with Crippen molar-refractivity contribution in [1.82, 2.24) is 0 Å². The van der Waals surface area contributed by atoms with Crippen LogP contribution in [0.3, 0.4) is 0 Å². The van der Waals surface area contributed by atoms with E-state index in [0.29, 0.717) is 21.6 Å². The monoisotopic (exact) mass is 339 g/mol. The summed E-state index contributed by atoms with van der Waals surface area (Å²) in [6.07, 6.45) is 0. The molecule has 0 fully saturated rings. The molecule has 21 heavy (non-hydrogen) atoms. The molecule has 2 aromatic carbocycles. The minimum atomic E-state index is 0.328. The number of thiocarbonyl (C=S) groups is 1. The molecule has 5 heteroatoms. The SMILES string of the molecule is Cc1cc(Cl)cc(C)c1OCc1ccc(C(N)=S)cc1Cl. The van der Waals surface area contributed by atoms with Crippen LogP contribution < -0.4 is 10.5 Å². The highest BCUT2D eigenvalue weighted by atomic mass is 35.5. The fourth-order valence-corrected chi connectivity index (χ4v) is 2.78. The third-order valence-corrected chi connectivity index (χ3v) is 3.94. The zero-order valence-corrected chi connectivity index (χ0v) is 14.1. The van der Waals surface area contributed by atoms with E-state index in [0.717, 1.165) is 28.0 Å². The lowest BCUT2D eigenvalue weighted by Gasteiger charge is -2.14. The molecule has 2 nitrogen and oxygen atoms in total. The van der Waals surface area contributed by atoms with Gasteiger partial charge in [0.2, 0.25) is 0 Å². The molecule has 0 aliphatic heterocycles. The van der Waals surface area contributed by atoms with E-state index in [1.165, 1.54) is 0 Å². The van der Waals surface area contributed by atoms with E-state index in [1.54, 1.807) is 6.07 Å². The summed E-state index contributed by atoms with van der Waals surface area (Å²) in [5, 5.41) is 1.29. The van der Waals surface area contributed by atoms with Gasteiger partial charge in [0.25, 0.3) is 0 Å². The van der Waals surface area contributed by atoms with E-state index >= 15 is 0 Å². The molecule has 2 rings (SSSR count). The molecule has 0 aliphatic rings. The predicted octanol–water partition coefficient (Wildman–Crippen LogP) is 4.82. The summed E-state index contributed by atoms with van der Waals surface area (Å²) < 4.78 is 5.88. The molecular formula is C16H15Cl2NOS. The summed E-state index contributed by atoms with van der Waals surface area (Å²) in [6, 6.07) is 9.22. The highest BCUT2D eigenvalue weighted by Gasteiger charge is 2.09. The Morgan fingerprint density at radius 2 is 1.76 bits per heavy atom. The maximum Gasteiger partial charge on any atom is 0.125 e. The zero-order valence-electron chi connectivity index (χ0n) is 11.7. The van der Waals surface area contributed by atoms with Crippen LogP contribution in [0.1, 0.15) is 22.3 Å². The van der Waals surface area contributed by atoms with Crippen LogP contribution in [0.15, 0.2) is 30.3 Å². The number of hydrogen-bond acceptors (Lipinski definition) is 2. The summed E-state index contributed by atoms with van der Waals surface area (Å²) in [4.78, 5) is 0.328. The Morgan fingerprint density at radius 3 is 2.29 bits per heavy atom. The lowest BCUT2D eigenvalue weighted by atomic mass is 10.1. The maximum absolute atomic E-state index is 6.23. The van der Waals surface area contributed by atoms with Gasteiger partial charge in [-0.2, -0.15) is 0 Å². The average molecular weight is 340 g/mol. The van der Waals surface area contributed by atoms with Gasteiger partial charge >= 0.3 is 0 Å². The van der Waals surface area contributed by atoms with Crippen LogP contribution in [0.2, 0.25) is 10.0 Å². The van der Waals surface area contributed by atoms with E-state index in [1.807, 2.05) is 38.1 Å². The van der Waals surface area contributed by atoms with Gasteiger partial charge in [-0.15, -0.1) is 0 Å². The quantitative estimate of drug-likeness (QED) is 0.810. The van der Waals surface area contributed by atoms with Crippen molar-refractivity contribution in [2.45, 2.75) is 20.5 Å². The number of ether oxygens (including phenoxy) is 1. The largest absolute Gasteiger partial charge is 0.488 e. The Morgan fingerprint density at radius 1 is 1.14 bits per heavy atom. The third kappa shape index (κ3) is 3.88. The molecular weight excluding hydrogens is 325 g/mol. The molecule has 0 spiro atoms. The van der Waals surface area contributed by atoms with Crippen LogP contribution in [-0.4, -0.2) is 4.99 Å². The lowest BCUT2D eigenvalue weighted by molar-refractivity contribution is 0.302. The van der Waals surface area contributed by atoms with Crippen LogP contribution in [0.5, 0.6) is 5.75 Å². The van der Waals surface area contributed by atoms with Crippen molar-refractivity contribution < 1.29 is 4.74 Å². The highest BCUT2D eigenvalue weighted by Crippen LogP contribution is 2.28. The van der Waals surface area contributed by atoms with Gasteiger partial charge in [-0.25, -0.2) is 0 Å². The average Bonchev–Trinajstić information content (AvgIpc) is 2.38. The number of aryl methyl sites for hydroxylation is 2. The van der Waals surface area contributed by atoms with Gasteiger partial charge in [0.05, 0.1) is 0 Å². The minimum absolute atomic E-state index is 0.328. The molecule has 0 saturated carbocycles. The van der Waals surface area contributed by atoms with Crippen LogP contribution in [0, 0.1) is 13.8 Å². The van der Waals surface area contributed by atoms with Gasteiger partial charge < -0.3 is 10.5 Å². The summed E-state index contributed by atoms with van der Waals surface area (Å²) in [5.74, 6) is 0.828. The van der Waals surface area contributed by atoms with Crippen LogP contribution >= 0.6 is 35.4 Å². The van der Waals surface area contributed by atoms with Gasteiger partial charge in [-0.3, -0.25) is 0 Å². The van der Waals surface area contributed by atoms with E-state index < -0.39 is 0 Å². The molecule has 0 amide bonds. The van der Waals surface area contributed by atoms with Crippen LogP contribution in [0.4, 0.5) is 0 Å². The molecule has 0 saturated heterocycles. The van der Waals surface area contributed by atoms with Crippen LogP contribution in [0.25, 0.3) is 0 Å². The second kappa shape index (κ2) is 6.65. The van der Waals surface area contributed by atoms with E-state index in [4.69, 9.17) is 45.9 Å². The van der Waals surface area contributed by atoms with Gasteiger partial charge in [0.15, 0.2) is 0 Å². The Kier molecular flexibility index (Phi) is 5.09. The van der Waals surface area contributed by atoms with Crippen molar-refractivity contribution in [3.8, 4) is 5.75 Å². The van der Waals surface area contributed by atoms with Gasteiger partial charge in [0.1, 0.15) is 17.3 Å². The Labute approximate surface area is 139 Å². The summed E-state index contributed by atoms with van der Waals surface area (Å²) in [5.41, 5.74) is 9.20. The van der Waals surface area contributed by atoms with Crippen molar-refractivity contribution in [2.75, 3.05) is 0 Å². The molecule has 0 aliphatic carbocycles. The predicted molar refractivity (Wildman–Crippen MR) is 92.6 cm³/mol. The van der Waals surface area contributed by atoms with E-state index in [9.17, 15) is 0 Å². The molecule has 0 heterocycles. The van der Waals surface area contributed by atoms with E-state index in [2.05, 4.69) is 0 Å². The Bertz CT molecular complexity index is 678. The van der Waals surface area contributed by atoms with Crippen molar-refractivity contribution in [3.05, 3.63) is 62.6 Å². The van der Waals surface area contributed by atoms with Crippen LogP contribution in [-0.2, 0) is 6.61 Å².